The van der Waals surface area contributed by atoms with Crippen LogP contribution in [0.1, 0.15) is 19.8 Å². The van der Waals surface area contributed by atoms with E-state index in [4.69, 9.17) is 4.74 Å². The van der Waals surface area contributed by atoms with E-state index in [1.165, 1.54) is 6.92 Å². The number of fused-ring (bicyclic) bond motifs is 1. The van der Waals surface area contributed by atoms with Crippen molar-refractivity contribution < 1.29 is 44.8 Å². The lowest BCUT2D eigenvalue weighted by Crippen LogP contribution is -2.52. The number of carbonyl (C=O) groups excluding carboxylic acids is 2. The van der Waals surface area contributed by atoms with Crippen LogP contribution in [0.5, 0.6) is 0 Å². The van der Waals surface area contributed by atoms with E-state index in [0.717, 1.165) is 0 Å². The Morgan fingerprint density at radius 1 is 1.36 bits per heavy atom. The molecule has 0 aromatic heterocycles. The van der Waals surface area contributed by atoms with E-state index >= 15 is 0 Å². The Bertz CT molecular complexity index is 744. The van der Waals surface area contributed by atoms with Crippen molar-refractivity contribution in [3.8, 4) is 0 Å². The van der Waals surface area contributed by atoms with Crippen LogP contribution in [0.2, 0.25) is 0 Å². The summed E-state index contributed by atoms with van der Waals surface area (Å²) in [4.78, 5) is 23.0. The number of rotatable bonds is 4. The maximum absolute atomic E-state index is 13.4. The summed E-state index contributed by atoms with van der Waals surface area (Å²) in [6.45, 7) is 3.90. The third-order valence-electron chi connectivity index (χ3n) is 4.92. The van der Waals surface area contributed by atoms with Gasteiger partial charge in [-0.1, -0.05) is 6.58 Å². The van der Waals surface area contributed by atoms with E-state index in [9.17, 15) is 31.2 Å². The van der Waals surface area contributed by atoms with Gasteiger partial charge >= 0.3 is 18.1 Å². The van der Waals surface area contributed by atoms with E-state index in [2.05, 4.69) is 15.5 Å². The van der Waals surface area contributed by atoms with Crippen molar-refractivity contribution in [2.45, 2.75) is 42.9 Å². The third kappa shape index (κ3) is 2.64. The summed E-state index contributed by atoms with van der Waals surface area (Å²) in [5.74, 6) is -3.96. The molecule has 5 unspecified atom stereocenters. The van der Waals surface area contributed by atoms with Gasteiger partial charge < -0.3 is 9.47 Å². The molecule has 3 aliphatic rings. The van der Waals surface area contributed by atoms with E-state index in [1.54, 1.807) is 0 Å². The molecule has 3 rings (SSSR count). The quantitative estimate of drug-likeness (QED) is 0.407. The average Bonchev–Trinajstić information content (AvgIpc) is 3.03. The Morgan fingerprint density at radius 2 is 2.00 bits per heavy atom. The summed E-state index contributed by atoms with van der Waals surface area (Å²) in [6, 6.07) is 0. The predicted molar refractivity (Wildman–Crippen MR) is 74.4 cm³/mol. The Kier molecular flexibility index (Phi) is 3.95. The minimum absolute atomic E-state index is 0.0504. The van der Waals surface area contributed by atoms with Crippen LogP contribution in [-0.4, -0.2) is 50.1 Å². The van der Waals surface area contributed by atoms with Crippen molar-refractivity contribution in [3.05, 3.63) is 12.2 Å². The Balaban J connectivity index is 1.74. The van der Waals surface area contributed by atoms with Crippen molar-refractivity contribution in [1.29, 1.82) is 0 Å². The monoisotopic (exact) mass is 384 g/mol. The highest BCUT2D eigenvalue weighted by molar-refractivity contribution is 7.87. The standard InChI is InChI=1S/C14H15F3O7S/c1-6(2)12(19)22-5-9(18)23-10-7-3-8-11(10)25(20,21)24-13(8,4-7)14(15,16)17/h7-8,10-11H,1,3-5H2,2H3. The first kappa shape index (κ1) is 18.2. The van der Waals surface area contributed by atoms with Gasteiger partial charge in [0.1, 0.15) is 11.4 Å². The molecule has 5 atom stereocenters. The minimum Gasteiger partial charge on any atom is -0.458 e. The van der Waals surface area contributed by atoms with E-state index in [0.29, 0.717) is 0 Å². The zero-order valence-electron chi connectivity index (χ0n) is 13.0. The SMILES string of the molecule is C=C(C)C(=O)OCC(=O)OC1C2CC3C1S(=O)(=O)OC3(C(F)(F)F)C2. The topological polar surface area (TPSA) is 96.0 Å². The van der Waals surface area contributed by atoms with Gasteiger partial charge in [0.2, 0.25) is 0 Å². The molecule has 0 radical (unpaired) electrons. The first-order valence-electron chi connectivity index (χ1n) is 7.42. The zero-order valence-corrected chi connectivity index (χ0v) is 13.9. The largest absolute Gasteiger partial charge is 0.458 e. The summed E-state index contributed by atoms with van der Waals surface area (Å²) < 4.78 is 78.3. The summed E-state index contributed by atoms with van der Waals surface area (Å²) >= 11 is 0. The van der Waals surface area contributed by atoms with Crippen molar-refractivity contribution in [1.82, 2.24) is 0 Å². The number of alkyl halides is 3. The molecule has 0 amide bonds. The number of carbonyl (C=O) groups is 2. The van der Waals surface area contributed by atoms with Crippen LogP contribution < -0.4 is 0 Å². The molecule has 0 aromatic carbocycles. The van der Waals surface area contributed by atoms with Crippen LogP contribution >= 0.6 is 0 Å². The molecule has 140 valence electrons. The zero-order chi connectivity index (χ0) is 18.8. The molecule has 0 N–H and O–H groups in total. The van der Waals surface area contributed by atoms with Crippen LogP contribution in [0.3, 0.4) is 0 Å². The third-order valence-corrected chi connectivity index (χ3v) is 6.71. The van der Waals surface area contributed by atoms with Gasteiger partial charge in [0, 0.05) is 17.4 Å². The lowest BCUT2D eigenvalue weighted by atomic mass is 9.82. The van der Waals surface area contributed by atoms with Crippen molar-refractivity contribution >= 4 is 22.1 Å². The Morgan fingerprint density at radius 3 is 2.56 bits per heavy atom. The number of halogens is 3. The maximum Gasteiger partial charge on any atom is 0.419 e. The number of ether oxygens (including phenoxy) is 2. The van der Waals surface area contributed by atoms with Gasteiger partial charge in [-0.25, -0.2) is 9.59 Å². The molecular formula is C14H15F3O7S. The number of hydrogen-bond donors (Lipinski definition) is 0. The fourth-order valence-electron chi connectivity index (χ4n) is 3.98. The maximum atomic E-state index is 13.4. The molecule has 25 heavy (non-hydrogen) atoms. The van der Waals surface area contributed by atoms with Gasteiger partial charge in [0.05, 0.1) is 0 Å². The highest BCUT2D eigenvalue weighted by Gasteiger charge is 2.80. The van der Waals surface area contributed by atoms with E-state index in [-0.39, 0.29) is 12.0 Å². The number of esters is 2. The van der Waals surface area contributed by atoms with E-state index < -0.39 is 70.1 Å². The van der Waals surface area contributed by atoms with E-state index in [1.807, 2.05) is 0 Å². The van der Waals surface area contributed by atoms with Gasteiger partial charge in [-0.15, -0.1) is 0 Å². The first-order chi connectivity index (χ1) is 11.4. The van der Waals surface area contributed by atoms with Gasteiger partial charge in [-0.2, -0.15) is 21.6 Å². The minimum atomic E-state index is -4.83. The van der Waals surface area contributed by atoms with Gasteiger partial charge in [-0.05, 0) is 19.8 Å². The molecule has 7 nitrogen and oxygen atoms in total. The molecule has 1 saturated heterocycles. The van der Waals surface area contributed by atoms with Crippen LogP contribution in [-0.2, 0) is 33.4 Å². The summed E-state index contributed by atoms with van der Waals surface area (Å²) in [5.41, 5.74) is -2.68. The van der Waals surface area contributed by atoms with Crippen LogP contribution in [0.25, 0.3) is 0 Å². The molecule has 11 heteroatoms. The second-order valence-electron chi connectivity index (χ2n) is 6.55. The number of hydrogen-bond acceptors (Lipinski definition) is 7. The van der Waals surface area contributed by atoms with Crippen LogP contribution in [0.15, 0.2) is 12.2 Å². The lowest BCUT2D eigenvalue weighted by molar-refractivity contribution is -0.257. The predicted octanol–water partition coefficient (Wildman–Crippen LogP) is 1.09. The fraction of sp³-hybridized carbons (Fsp3) is 0.714. The Labute approximate surface area is 141 Å². The van der Waals surface area contributed by atoms with Crippen LogP contribution in [0.4, 0.5) is 13.2 Å². The van der Waals surface area contributed by atoms with Crippen molar-refractivity contribution in [2.75, 3.05) is 6.61 Å². The average molecular weight is 384 g/mol. The highest BCUT2D eigenvalue weighted by Crippen LogP contribution is 2.65. The molecule has 2 aliphatic carbocycles. The summed E-state index contributed by atoms with van der Waals surface area (Å²) in [5, 5.41) is -1.56. The van der Waals surface area contributed by atoms with Gasteiger partial charge in [-0.3, -0.25) is 4.18 Å². The van der Waals surface area contributed by atoms with Crippen LogP contribution in [0, 0.1) is 11.8 Å². The van der Waals surface area contributed by atoms with Crippen molar-refractivity contribution in [2.24, 2.45) is 11.8 Å². The molecular weight excluding hydrogens is 369 g/mol. The van der Waals surface area contributed by atoms with Crippen molar-refractivity contribution in [3.63, 3.8) is 0 Å². The van der Waals surface area contributed by atoms with Gasteiger partial charge in [0.25, 0.3) is 10.1 Å². The molecule has 1 aliphatic heterocycles. The molecule has 0 aromatic rings. The second kappa shape index (κ2) is 5.44. The van der Waals surface area contributed by atoms with Gasteiger partial charge in [0.15, 0.2) is 12.2 Å². The Hall–Kier alpha value is -1.62. The highest BCUT2D eigenvalue weighted by atomic mass is 32.2. The normalized spacial score (nSPS) is 37.8. The molecule has 1 heterocycles. The molecule has 2 bridgehead atoms. The second-order valence-corrected chi connectivity index (χ2v) is 8.24. The lowest BCUT2D eigenvalue weighted by Gasteiger charge is -2.33. The molecule has 0 spiro atoms. The fourth-order valence-corrected chi connectivity index (χ4v) is 6.13. The first-order valence-corrected chi connectivity index (χ1v) is 8.89. The molecule has 3 fully saturated rings. The summed E-state index contributed by atoms with van der Waals surface area (Å²) in [6.07, 6.45) is -6.72. The molecule has 2 saturated carbocycles. The smallest absolute Gasteiger partial charge is 0.419 e. The summed E-state index contributed by atoms with van der Waals surface area (Å²) in [7, 11) is -4.53.